The summed E-state index contributed by atoms with van der Waals surface area (Å²) in [5.41, 5.74) is 0.875. The van der Waals surface area contributed by atoms with Crippen LogP contribution >= 0.6 is 0 Å². The zero-order valence-corrected chi connectivity index (χ0v) is 16.9. The van der Waals surface area contributed by atoms with Crippen LogP contribution < -0.4 is 10.1 Å². The third-order valence-corrected chi connectivity index (χ3v) is 5.10. The molecule has 6 heteroatoms. The van der Waals surface area contributed by atoms with Gasteiger partial charge < -0.3 is 10.1 Å². The van der Waals surface area contributed by atoms with Crippen LogP contribution in [-0.2, 0) is 16.9 Å². The zero-order chi connectivity index (χ0) is 20.9. The number of ether oxygens (including phenoxy) is 1. The van der Waals surface area contributed by atoms with Crippen LogP contribution in [0.3, 0.4) is 0 Å². The highest BCUT2D eigenvalue weighted by molar-refractivity contribution is 6.07. The number of nitrogens with one attached hydrogen (secondary N) is 1. The molecule has 29 heavy (non-hydrogen) atoms. The molecule has 3 amide bonds. The maximum absolute atomic E-state index is 13.2. The fourth-order valence-electron chi connectivity index (χ4n) is 3.57. The summed E-state index contributed by atoms with van der Waals surface area (Å²) in [6.07, 6.45) is 2.19. The Kier molecular flexibility index (Phi) is 6.34. The quantitative estimate of drug-likeness (QED) is 0.523. The lowest BCUT2D eigenvalue weighted by molar-refractivity contribution is -0.133. The van der Waals surface area contributed by atoms with Crippen LogP contribution in [0.4, 0.5) is 4.79 Å². The summed E-state index contributed by atoms with van der Waals surface area (Å²) in [5, 5.41) is 2.92. The van der Waals surface area contributed by atoms with Gasteiger partial charge in [-0.15, -0.1) is 0 Å². The molecule has 1 aliphatic rings. The Labute approximate surface area is 171 Å². The summed E-state index contributed by atoms with van der Waals surface area (Å²) < 4.78 is 5.49. The SMILES string of the molecule is C=CCOc1ccc(CN(C)CN2C(=O)N[C@](CC)(c3ccccc3)C2=O)cc1. The summed E-state index contributed by atoms with van der Waals surface area (Å²) in [4.78, 5) is 29.0. The van der Waals surface area contributed by atoms with E-state index < -0.39 is 5.54 Å². The van der Waals surface area contributed by atoms with Gasteiger partial charge in [-0.3, -0.25) is 9.69 Å². The smallest absolute Gasteiger partial charge is 0.326 e. The molecule has 1 aliphatic heterocycles. The fraction of sp³-hybridized carbons (Fsp3) is 0.304. The largest absolute Gasteiger partial charge is 0.490 e. The van der Waals surface area contributed by atoms with E-state index in [1.807, 2.05) is 73.5 Å². The molecule has 0 aromatic heterocycles. The molecule has 152 valence electrons. The second-order valence-electron chi connectivity index (χ2n) is 7.19. The number of rotatable bonds is 9. The van der Waals surface area contributed by atoms with Gasteiger partial charge in [0, 0.05) is 6.54 Å². The Morgan fingerprint density at radius 3 is 2.45 bits per heavy atom. The fourth-order valence-corrected chi connectivity index (χ4v) is 3.57. The zero-order valence-electron chi connectivity index (χ0n) is 16.9. The van der Waals surface area contributed by atoms with Crippen molar-refractivity contribution in [3.8, 4) is 5.75 Å². The molecule has 1 heterocycles. The molecule has 6 nitrogen and oxygen atoms in total. The molecule has 3 rings (SSSR count). The van der Waals surface area contributed by atoms with Gasteiger partial charge in [-0.25, -0.2) is 9.69 Å². The molecule has 0 aliphatic carbocycles. The van der Waals surface area contributed by atoms with E-state index in [4.69, 9.17) is 4.74 Å². The minimum Gasteiger partial charge on any atom is -0.490 e. The van der Waals surface area contributed by atoms with Crippen LogP contribution in [0.5, 0.6) is 5.75 Å². The number of imide groups is 1. The maximum atomic E-state index is 13.2. The molecule has 2 aromatic rings. The van der Waals surface area contributed by atoms with E-state index >= 15 is 0 Å². The number of carbonyl (C=O) groups excluding carboxylic acids is 2. The minimum atomic E-state index is -0.997. The van der Waals surface area contributed by atoms with Crippen molar-refractivity contribution in [3.63, 3.8) is 0 Å². The number of benzene rings is 2. The Bertz CT molecular complexity index is 867. The predicted octanol–water partition coefficient (Wildman–Crippen LogP) is 3.50. The van der Waals surface area contributed by atoms with Gasteiger partial charge in [-0.1, -0.05) is 62.0 Å². The van der Waals surface area contributed by atoms with Crippen molar-refractivity contribution < 1.29 is 14.3 Å². The molecule has 0 unspecified atom stereocenters. The highest BCUT2D eigenvalue weighted by atomic mass is 16.5. The highest BCUT2D eigenvalue weighted by Crippen LogP contribution is 2.32. The molecule has 1 saturated heterocycles. The number of urea groups is 1. The third kappa shape index (κ3) is 4.32. The number of nitrogens with zero attached hydrogens (tertiary/aromatic N) is 2. The van der Waals surface area contributed by atoms with Crippen molar-refractivity contribution in [2.75, 3.05) is 20.3 Å². The standard InChI is InChI=1S/C23H27N3O3/c1-4-15-29-20-13-11-18(12-14-20)16-25(3)17-26-21(27)23(5-2,24-22(26)28)19-9-7-6-8-10-19/h4,6-14H,1,5,15-17H2,2-3H3,(H,24,28)/t23-/m1/s1. The van der Waals surface area contributed by atoms with Crippen LogP contribution in [0.1, 0.15) is 24.5 Å². The molecule has 1 atom stereocenters. The van der Waals surface area contributed by atoms with E-state index in [9.17, 15) is 9.59 Å². The first-order chi connectivity index (χ1) is 14.0. The van der Waals surface area contributed by atoms with Crippen LogP contribution in [0, 0.1) is 0 Å². The summed E-state index contributed by atoms with van der Waals surface area (Å²) in [6.45, 7) is 6.82. The van der Waals surface area contributed by atoms with Gasteiger partial charge in [0.05, 0.1) is 6.67 Å². The van der Waals surface area contributed by atoms with Gasteiger partial charge in [-0.05, 0) is 36.7 Å². The summed E-state index contributed by atoms with van der Waals surface area (Å²) >= 11 is 0. The summed E-state index contributed by atoms with van der Waals surface area (Å²) in [7, 11) is 1.89. The van der Waals surface area contributed by atoms with E-state index in [1.54, 1.807) is 6.08 Å². The first-order valence-electron chi connectivity index (χ1n) is 9.71. The van der Waals surface area contributed by atoms with E-state index in [0.29, 0.717) is 19.6 Å². The van der Waals surface area contributed by atoms with Gasteiger partial charge in [0.25, 0.3) is 5.91 Å². The normalized spacial score (nSPS) is 18.8. The van der Waals surface area contributed by atoms with Crippen LogP contribution in [0.25, 0.3) is 0 Å². The topological polar surface area (TPSA) is 61.9 Å². The Hall–Kier alpha value is -3.12. The maximum Gasteiger partial charge on any atom is 0.326 e. The predicted molar refractivity (Wildman–Crippen MR) is 112 cm³/mol. The van der Waals surface area contributed by atoms with E-state index in [0.717, 1.165) is 16.9 Å². The van der Waals surface area contributed by atoms with Gasteiger partial charge >= 0.3 is 6.03 Å². The minimum absolute atomic E-state index is 0.212. The van der Waals surface area contributed by atoms with Crippen LogP contribution in [-0.4, -0.2) is 42.1 Å². The van der Waals surface area contributed by atoms with Crippen molar-refractivity contribution >= 4 is 11.9 Å². The highest BCUT2D eigenvalue weighted by Gasteiger charge is 2.51. The van der Waals surface area contributed by atoms with Crippen molar-refractivity contribution in [3.05, 3.63) is 78.4 Å². The molecule has 0 spiro atoms. The lowest BCUT2D eigenvalue weighted by Gasteiger charge is -2.27. The average Bonchev–Trinajstić information content (AvgIpc) is 2.99. The molecule has 1 fully saturated rings. The lowest BCUT2D eigenvalue weighted by Crippen LogP contribution is -2.44. The molecule has 2 aromatic carbocycles. The van der Waals surface area contributed by atoms with Crippen molar-refractivity contribution in [2.24, 2.45) is 0 Å². The molecular weight excluding hydrogens is 366 g/mol. The first kappa shape index (κ1) is 20.6. The van der Waals surface area contributed by atoms with Crippen LogP contribution in [0.15, 0.2) is 67.3 Å². The first-order valence-corrected chi connectivity index (χ1v) is 9.71. The van der Waals surface area contributed by atoms with Crippen molar-refractivity contribution in [1.29, 1.82) is 0 Å². The van der Waals surface area contributed by atoms with Gasteiger partial charge in [0.1, 0.15) is 17.9 Å². The molecular formula is C23H27N3O3. The van der Waals surface area contributed by atoms with E-state index in [2.05, 4.69) is 11.9 Å². The molecule has 0 saturated carbocycles. The number of amides is 3. The number of carbonyl (C=O) groups is 2. The Morgan fingerprint density at radius 1 is 1.14 bits per heavy atom. The number of hydrogen-bond donors (Lipinski definition) is 1. The van der Waals surface area contributed by atoms with Crippen LogP contribution in [0.2, 0.25) is 0 Å². The average molecular weight is 393 g/mol. The summed E-state index contributed by atoms with van der Waals surface area (Å²) in [6, 6.07) is 16.8. The molecule has 0 bridgehead atoms. The van der Waals surface area contributed by atoms with Gasteiger partial charge in [0.15, 0.2) is 0 Å². The van der Waals surface area contributed by atoms with Gasteiger partial charge in [0.2, 0.25) is 0 Å². The Morgan fingerprint density at radius 2 is 1.83 bits per heavy atom. The lowest BCUT2D eigenvalue weighted by atomic mass is 9.87. The van der Waals surface area contributed by atoms with Gasteiger partial charge in [-0.2, -0.15) is 0 Å². The molecule has 0 radical (unpaired) electrons. The van der Waals surface area contributed by atoms with Crippen molar-refractivity contribution in [2.45, 2.75) is 25.4 Å². The number of hydrogen-bond acceptors (Lipinski definition) is 4. The summed E-state index contributed by atoms with van der Waals surface area (Å²) in [5.74, 6) is 0.567. The van der Waals surface area contributed by atoms with E-state index in [-0.39, 0.29) is 18.6 Å². The van der Waals surface area contributed by atoms with Crippen molar-refractivity contribution in [1.82, 2.24) is 15.1 Å². The third-order valence-electron chi connectivity index (χ3n) is 5.10. The monoisotopic (exact) mass is 393 g/mol. The molecule has 1 N–H and O–H groups in total. The second kappa shape index (κ2) is 8.92. The Balaban J connectivity index is 1.67. The van der Waals surface area contributed by atoms with E-state index in [1.165, 1.54) is 4.90 Å². The second-order valence-corrected chi connectivity index (χ2v) is 7.19.